The lowest BCUT2D eigenvalue weighted by Crippen LogP contribution is -2.05. The van der Waals surface area contributed by atoms with Gasteiger partial charge in [0.1, 0.15) is 17.7 Å². The zero-order valence-electron chi connectivity index (χ0n) is 9.73. The Morgan fingerprint density at radius 2 is 1.78 bits per heavy atom. The Morgan fingerprint density at radius 3 is 2.50 bits per heavy atom. The van der Waals surface area contributed by atoms with Crippen molar-refractivity contribution >= 4 is 15.9 Å². The van der Waals surface area contributed by atoms with Crippen LogP contribution in [0.1, 0.15) is 17.2 Å². The van der Waals surface area contributed by atoms with Crippen LogP contribution in [0.4, 0.5) is 4.39 Å². The largest absolute Gasteiger partial charge is 0.496 e. The maximum atomic E-state index is 13.9. The highest BCUT2D eigenvalue weighted by Crippen LogP contribution is 2.32. The van der Waals surface area contributed by atoms with Crippen LogP contribution in [0.2, 0.25) is 0 Å². The third-order valence-electron chi connectivity index (χ3n) is 2.71. The van der Waals surface area contributed by atoms with Gasteiger partial charge in [0.2, 0.25) is 0 Å². The Balaban J connectivity index is 2.48. The molecule has 2 rings (SSSR count). The summed E-state index contributed by atoms with van der Waals surface area (Å²) in [5.74, 6) is 0.0697. The van der Waals surface area contributed by atoms with E-state index in [0.717, 1.165) is 0 Å². The molecule has 1 atom stereocenters. The molecule has 0 heterocycles. The minimum Gasteiger partial charge on any atom is -0.496 e. The smallest absolute Gasteiger partial charge is 0.143 e. The number of methoxy groups -OCH3 is 1. The number of rotatable bonds is 3. The minimum atomic E-state index is -1.06. The molecule has 0 radical (unpaired) electrons. The number of aliphatic hydroxyl groups excluding tert-OH is 1. The fourth-order valence-corrected chi connectivity index (χ4v) is 2.17. The molecule has 0 spiro atoms. The lowest BCUT2D eigenvalue weighted by molar-refractivity contribution is 0.209. The van der Waals surface area contributed by atoms with E-state index in [1.165, 1.54) is 7.11 Å². The van der Waals surface area contributed by atoms with E-state index < -0.39 is 11.9 Å². The van der Waals surface area contributed by atoms with E-state index in [9.17, 15) is 9.50 Å². The van der Waals surface area contributed by atoms with Crippen LogP contribution in [0, 0.1) is 5.82 Å². The van der Waals surface area contributed by atoms with Gasteiger partial charge in [-0.1, -0.05) is 30.3 Å². The predicted molar refractivity (Wildman–Crippen MR) is 71.2 cm³/mol. The summed E-state index contributed by atoms with van der Waals surface area (Å²) in [5.41, 5.74) is 0.755. The van der Waals surface area contributed by atoms with Crippen molar-refractivity contribution in [3.63, 3.8) is 0 Å². The molecule has 0 aliphatic carbocycles. The number of halogens is 2. The van der Waals surface area contributed by atoms with Crippen molar-refractivity contribution < 1.29 is 14.2 Å². The van der Waals surface area contributed by atoms with Crippen LogP contribution in [0.3, 0.4) is 0 Å². The van der Waals surface area contributed by atoms with E-state index in [2.05, 4.69) is 15.9 Å². The van der Waals surface area contributed by atoms with Gasteiger partial charge in [-0.25, -0.2) is 4.39 Å². The van der Waals surface area contributed by atoms with Crippen molar-refractivity contribution in [1.82, 2.24) is 0 Å². The zero-order chi connectivity index (χ0) is 13.1. The van der Waals surface area contributed by atoms with Crippen molar-refractivity contribution in [1.29, 1.82) is 0 Å². The summed E-state index contributed by atoms with van der Waals surface area (Å²) in [6.45, 7) is 0. The van der Waals surface area contributed by atoms with Gasteiger partial charge in [-0.05, 0) is 28.1 Å². The monoisotopic (exact) mass is 310 g/mol. The van der Waals surface area contributed by atoms with E-state index in [4.69, 9.17) is 4.74 Å². The SMILES string of the molecule is COc1ccccc1C(O)c1cccc(Br)c1F. The number of hydrogen-bond donors (Lipinski definition) is 1. The Labute approximate surface area is 113 Å². The summed E-state index contributed by atoms with van der Waals surface area (Å²) in [6, 6.07) is 11.8. The summed E-state index contributed by atoms with van der Waals surface area (Å²) < 4.78 is 19.4. The van der Waals surface area contributed by atoms with E-state index in [1.807, 2.05) is 0 Å². The molecule has 0 saturated heterocycles. The Hall–Kier alpha value is -1.39. The second-order valence-electron chi connectivity index (χ2n) is 3.79. The van der Waals surface area contributed by atoms with Crippen LogP contribution in [-0.4, -0.2) is 12.2 Å². The van der Waals surface area contributed by atoms with Gasteiger partial charge in [-0.3, -0.25) is 0 Å². The molecule has 94 valence electrons. The average molecular weight is 311 g/mol. The molecule has 0 saturated carbocycles. The standard InChI is InChI=1S/C14H12BrFO2/c1-18-12-8-3-2-5-9(12)14(17)10-6-4-7-11(15)13(10)16/h2-8,14,17H,1H3. The summed E-state index contributed by atoms with van der Waals surface area (Å²) in [6.07, 6.45) is -1.06. The number of benzene rings is 2. The fourth-order valence-electron chi connectivity index (χ4n) is 1.79. The van der Waals surface area contributed by atoms with Crippen LogP contribution >= 0.6 is 15.9 Å². The number of aliphatic hydroxyl groups is 1. The van der Waals surface area contributed by atoms with Crippen LogP contribution in [0.15, 0.2) is 46.9 Å². The van der Waals surface area contributed by atoms with Crippen molar-refractivity contribution in [2.75, 3.05) is 7.11 Å². The van der Waals surface area contributed by atoms with E-state index >= 15 is 0 Å². The van der Waals surface area contributed by atoms with Gasteiger partial charge >= 0.3 is 0 Å². The fraction of sp³-hybridized carbons (Fsp3) is 0.143. The number of para-hydroxylation sites is 1. The van der Waals surface area contributed by atoms with Gasteiger partial charge in [-0.2, -0.15) is 0 Å². The third-order valence-corrected chi connectivity index (χ3v) is 3.32. The minimum absolute atomic E-state index is 0.217. The molecular weight excluding hydrogens is 299 g/mol. The zero-order valence-corrected chi connectivity index (χ0v) is 11.3. The van der Waals surface area contributed by atoms with Gasteiger partial charge < -0.3 is 9.84 Å². The molecule has 0 amide bonds. The Kier molecular flexibility index (Phi) is 3.99. The second-order valence-corrected chi connectivity index (χ2v) is 4.64. The van der Waals surface area contributed by atoms with Gasteiger partial charge in [0, 0.05) is 11.1 Å². The third kappa shape index (κ3) is 2.40. The average Bonchev–Trinajstić information content (AvgIpc) is 2.41. The van der Waals surface area contributed by atoms with Crippen LogP contribution in [-0.2, 0) is 0 Å². The molecule has 18 heavy (non-hydrogen) atoms. The highest BCUT2D eigenvalue weighted by atomic mass is 79.9. The highest BCUT2D eigenvalue weighted by Gasteiger charge is 2.19. The molecule has 2 aromatic rings. The van der Waals surface area contributed by atoms with Crippen molar-refractivity contribution in [2.24, 2.45) is 0 Å². The van der Waals surface area contributed by atoms with Crippen LogP contribution in [0.25, 0.3) is 0 Å². The predicted octanol–water partition coefficient (Wildman–Crippen LogP) is 3.68. The topological polar surface area (TPSA) is 29.5 Å². The first-order valence-electron chi connectivity index (χ1n) is 5.40. The highest BCUT2D eigenvalue weighted by molar-refractivity contribution is 9.10. The Morgan fingerprint density at radius 1 is 1.11 bits per heavy atom. The van der Waals surface area contributed by atoms with E-state index in [1.54, 1.807) is 42.5 Å². The number of hydrogen-bond acceptors (Lipinski definition) is 2. The molecule has 2 aromatic carbocycles. The number of ether oxygens (including phenoxy) is 1. The van der Waals surface area contributed by atoms with Crippen LogP contribution < -0.4 is 4.74 Å². The van der Waals surface area contributed by atoms with Gasteiger partial charge in [0.05, 0.1) is 11.6 Å². The van der Waals surface area contributed by atoms with E-state index in [0.29, 0.717) is 15.8 Å². The summed E-state index contributed by atoms with van der Waals surface area (Å²) >= 11 is 3.11. The molecule has 0 aromatic heterocycles. The van der Waals surface area contributed by atoms with Gasteiger partial charge in [0.15, 0.2) is 0 Å². The maximum Gasteiger partial charge on any atom is 0.143 e. The molecule has 0 aliphatic rings. The molecule has 0 fully saturated rings. The lowest BCUT2D eigenvalue weighted by Gasteiger charge is -2.16. The summed E-state index contributed by atoms with van der Waals surface area (Å²) in [7, 11) is 1.52. The first-order valence-corrected chi connectivity index (χ1v) is 6.19. The van der Waals surface area contributed by atoms with Crippen molar-refractivity contribution in [3.8, 4) is 5.75 Å². The van der Waals surface area contributed by atoms with Gasteiger partial charge in [0.25, 0.3) is 0 Å². The quantitative estimate of drug-likeness (QED) is 0.937. The molecular formula is C14H12BrFO2. The molecule has 1 unspecified atom stereocenters. The van der Waals surface area contributed by atoms with Crippen molar-refractivity contribution in [2.45, 2.75) is 6.10 Å². The molecule has 0 bridgehead atoms. The molecule has 1 N–H and O–H groups in total. The van der Waals surface area contributed by atoms with E-state index in [-0.39, 0.29) is 5.56 Å². The first kappa shape index (κ1) is 13.1. The summed E-state index contributed by atoms with van der Waals surface area (Å²) in [4.78, 5) is 0. The first-order chi connectivity index (χ1) is 8.65. The molecule has 4 heteroatoms. The van der Waals surface area contributed by atoms with Crippen molar-refractivity contribution in [3.05, 3.63) is 63.9 Å². The maximum absolute atomic E-state index is 13.9. The normalized spacial score (nSPS) is 12.2. The Bertz CT molecular complexity index is 557. The molecule has 0 aliphatic heterocycles. The lowest BCUT2D eigenvalue weighted by atomic mass is 10.0. The van der Waals surface area contributed by atoms with Gasteiger partial charge in [-0.15, -0.1) is 0 Å². The summed E-state index contributed by atoms with van der Waals surface area (Å²) in [5, 5.41) is 10.3. The molecule has 2 nitrogen and oxygen atoms in total. The van der Waals surface area contributed by atoms with Crippen LogP contribution in [0.5, 0.6) is 5.75 Å². The second kappa shape index (κ2) is 5.50.